The van der Waals surface area contributed by atoms with Crippen molar-refractivity contribution in [3.63, 3.8) is 0 Å². The van der Waals surface area contributed by atoms with Gasteiger partial charge in [0, 0.05) is 11.1 Å². The maximum absolute atomic E-state index is 13.3. The fraction of sp³-hybridized carbons (Fsp3) is 0.280. The Kier molecular flexibility index (Phi) is 6.10. The number of nitrogens with zero attached hydrogens (tertiary/aromatic N) is 4. The van der Waals surface area contributed by atoms with Gasteiger partial charge in [0.15, 0.2) is 5.82 Å². The first-order valence-corrected chi connectivity index (χ1v) is 10.8. The zero-order chi connectivity index (χ0) is 24.5. The van der Waals surface area contributed by atoms with Crippen LogP contribution in [0.3, 0.4) is 0 Å². The second kappa shape index (κ2) is 9.01. The van der Waals surface area contributed by atoms with Crippen LogP contribution in [0.2, 0.25) is 0 Å². The minimum atomic E-state index is -0.668. The Morgan fingerprint density at radius 2 is 1.71 bits per heavy atom. The summed E-state index contributed by atoms with van der Waals surface area (Å²) < 4.78 is 12.0. The Morgan fingerprint density at radius 3 is 2.29 bits per heavy atom. The standard InChI is InChI=1S/C25H26N4O5/c1-25(2,3)34-24(32)27-14-20-21(15-27)29(23(31)17-8-6-5-7-9-17)26-22(20)28(16-30)18-10-12-19(33-4)13-11-18/h5-13,16H,14-15H2,1-4H3. The Balaban J connectivity index is 1.76. The van der Waals surface area contributed by atoms with Crippen LogP contribution in [0.5, 0.6) is 5.75 Å². The monoisotopic (exact) mass is 462 g/mol. The van der Waals surface area contributed by atoms with Gasteiger partial charge in [-0.1, -0.05) is 18.2 Å². The smallest absolute Gasteiger partial charge is 0.410 e. The van der Waals surface area contributed by atoms with Crippen molar-refractivity contribution in [3.8, 4) is 5.75 Å². The average molecular weight is 463 g/mol. The molecule has 0 spiro atoms. The number of carbonyl (C=O) groups excluding carboxylic acids is 3. The van der Waals surface area contributed by atoms with Crippen molar-refractivity contribution in [2.75, 3.05) is 12.0 Å². The fourth-order valence-corrected chi connectivity index (χ4v) is 3.72. The molecule has 0 saturated heterocycles. The molecule has 0 radical (unpaired) electrons. The van der Waals surface area contributed by atoms with Crippen LogP contribution in [-0.2, 0) is 22.6 Å². The number of ether oxygens (including phenoxy) is 2. The summed E-state index contributed by atoms with van der Waals surface area (Å²) in [6.07, 6.45) is 0.133. The minimum absolute atomic E-state index is 0.130. The molecule has 34 heavy (non-hydrogen) atoms. The van der Waals surface area contributed by atoms with Gasteiger partial charge >= 0.3 is 6.09 Å². The van der Waals surface area contributed by atoms with Crippen molar-refractivity contribution in [1.82, 2.24) is 14.7 Å². The van der Waals surface area contributed by atoms with Gasteiger partial charge in [0.25, 0.3) is 5.91 Å². The summed E-state index contributed by atoms with van der Waals surface area (Å²) in [6.45, 7) is 5.65. The van der Waals surface area contributed by atoms with Gasteiger partial charge < -0.3 is 9.47 Å². The zero-order valence-corrected chi connectivity index (χ0v) is 19.5. The van der Waals surface area contributed by atoms with Gasteiger partial charge in [-0.25, -0.2) is 4.79 Å². The van der Waals surface area contributed by atoms with Crippen LogP contribution in [0.25, 0.3) is 0 Å². The Hall–Kier alpha value is -4.14. The van der Waals surface area contributed by atoms with E-state index in [0.717, 1.165) is 0 Å². The number of methoxy groups -OCH3 is 1. The highest BCUT2D eigenvalue weighted by molar-refractivity contribution is 5.97. The van der Waals surface area contributed by atoms with E-state index in [0.29, 0.717) is 34.7 Å². The molecule has 3 aromatic rings. The molecule has 0 N–H and O–H groups in total. The van der Waals surface area contributed by atoms with Crippen LogP contribution in [0.15, 0.2) is 54.6 Å². The number of anilines is 2. The van der Waals surface area contributed by atoms with Gasteiger partial charge in [0.2, 0.25) is 6.41 Å². The molecule has 0 fully saturated rings. The molecule has 1 aromatic heterocycles. The molecule has 9 nitrogen and oxygen atoms in total. The van der Waals surface area contributed by atoms with Gasteiger partial charge in [-0.2, -0.15) is 4.68 Å². The van der Waals surface area contributed by atoms with E-state index in [9.17, 15) is 14.4 Å². The van der Waals surface area contributed by atoms with Crippen molar-refractivity contribution in [1.29, 1.82) is 0 Å². The van der Waals surface area contributed by atoms with Crippen LogP contribution >= 0.6 is 0 Å². The number of amides is 2. The highest BCUT2D eigenvalue weighted by atomic mass is 16.6. The Morgan fingerprint density at radius 1 is 1.03 bits per heavy atom. The first-order valence-electron chi connectivity index (χ1n) is 10.8. The highest BCUT2D eigenvalue weighted by Crippen LogP contribution is 2.36. The lowest BCUT2D eigenvalue weighted by Gasteiger charge is -2.24. The Bertz CT molecular complexity index is 1210. The van der Waals surface area contributed by atoms with E-state index in [4.69, 9.17) is 9.47 Å². The molecule has 0 saturated carbocycles. The molecule has 4 rings (SSSR count). The number of benzene rings is 2. The van der Waals surface area contributed by atoms with Crippen molar-refractivity contribution >= 4 is 29.9 Å². The third kappa shape index (κ3) is 4.50. The average Bonchev–Trinajstić information content (AvgIpc) is 3.40. The van der Waals surface area contributed by atoms with Crippen molar-refractivity contribution in [2.45, 2.75) is 39.5 Å². The summed E-state index contributed by atoms with van der Waals surface area (Å²) in [6, 6.07) is 15.6. The molecule has 0 unspecified atom stereocenters. The molecular formula is C25H26N4O5. The SMILES string of the molecule is COc1ccc(N(C=O)c2nn(C(=O)c3ccccc3)c3c2CN(C(=O)OC(C)(C)C)C3)cc1. The summed E-state index contributed by atoms with van der Waals surface area (Å²) in [5, 5.41) is 4.52. The third-order valence-electron chi connectivity index (χ3n) is 5.31. The van der Waals surface area contributed by atoms with Crippen LogP contribution in [0.1, 0.15) is 42.4 Å². The normalized spacial score (nSPS) is 12.8. The lowest BCUT2D eigenvalue weighted by Crippen LogP contribution is -2.34. The van der Waals surface area contributed by atoms with E-state index in [1.807, 2.05) is 6.07 Å². The van der Waals surface area contributed by atoms with Gasteiger partial charge in [-0.3, -0.25) is 19.4 Å². The fourth-order valence-electron chi connectivity index (χ4n) is 3.72. The van der Waals surface area contributed by atoms with Crippen LogP contribution < -0.4 is 9.64 Å². The minimum Gasteiger partial charge on any atom is -0.497 e. The molecule has 2 aromatic carbocycles. The number of aromatic nitrogens is 2. The molecular weight excluding hydrogens is 436 g/mol. The lowest BCUT2D eigenvalue weighted by molar-refractivity contribution is -0.106. The largest absolute Gasteiger partial charge is 0.497 e. The maximum Gasteiger partial charge on any atom is 0.410 e. The quantitative estimate of drug-likeness (QED) is 0.530. The third-order valence-corrected chi connectivity index (χ3v) is 5.31. The number of carbonyl (C=O) groups is 3. The van der Waals surface area contributed by atoms with Crippen molar-refractivity contribution < 1.29 is 23.9 Å². The van der Waals surface area contributed by atoms with E-state index in [1.165, 1.54) is 14.5 Å². The molecule has 2 amide bonds. The number of hydrogen-bond acceptors (Lipinski definition) is 6. The maximum atomic E-state index is 13.3. The Labute approximate surface area is 197 Å². The van der Waals surface area contributed by atoms with Crippen LogP contribution in [-0.4, -0.2) is 45.8 Å². The predicted octanol–water partition coefficient (Wildman–Crippen LogP) is 4.13. The summed E-state index contributed by atoms with van der Waals surface area (Å²) >= 11 is 0. The van der Waals surface area contributed by atoms with E-state index >= 15 is 0 Å². The number of hydrogen-bond donors (Lipinski definition) is 0. The van der Waals surface area contributed by atoms with E-state index in [1.54, 1.807) is 76.4 Å². The summed E-state index contributed by atoms with van der Waals surface area (Å²) in [5.41, 5.74) is 1.47. The molecule has 0 aliphatic carbocycles. The van der Waals surface area contributed by atoms with Crippen LogP contribution in [0, 0.1) is 0 Å². The van der Waals surface area contributed by atoms with Crippen molar-refractivity contribution in [3.05, 3.63) is 71.4 Å². The van der Waals surface area contributed by atoms with Gasteiger partial charge in [0.05, 0.1) is 31.6 Å². The number of rotatable bonds is 5. The molecule has 0 atom stereocenters. The second-order valence-electron chi connectivity index (χ2n) is 8.84. The van der Waals surface area contributed by atoms with Gasteiger partial charge in [-0.05, 0) is 57.2 Å². The van der Waals surface area contributed by atoms with Crippen LogP contribution in [0.4, 0.5) is 16.3 Å². The highest BCUT2D eigenvalue weighted by Gasteiger charge is 2.36. The van der Waals surface area contributed by atoms with E-state index in [2.05, 4.69) is 5.10 Å². The molecule has 2 heterocycles. The van der Waals surface area contributed by atoms with Gasteiger partial charge in [-0.15, -0.1) is 5.10 Å². The summed E-state index contributed by atoms with van der Waals surface area (Å²) in [5.74, 6) is 0.570. The zero-order valence-electron chi connectivity index (χ0n) is 19.5. The molecule has 176 valence electrons. The number of fused-ring (bicyclic) bond motifs is 1. The molecule has 0 bridgehead atoms. The summed E-state index contributed by atoms with van der Waals surface area (Å²) in [4.78, 5) is 41.1. The van der Waals surface area contributed by atoms with E-state index in [-0.39, 0.29) is 24.8 Å². The first-order chi connectivity index (χ1) is 16.2. The summed E-state index contributed by atoms with van der Waals surface area (Å²) in [7, 11) is 1.56. The van der Waals surface area contributed by atoms with Gasteiger partial charge in [0.1, 0.15) is 11.4 Å². The van der Waals surface area contributed by atoms with Crippen molar-refractivity contribution in [2.24, 2.45) is 0 Å². The molecule has 1 aliphatic rings. The lowest BCUT2D eigenvalue weighted by atomic mass is 10.2. The molecule has 1 aliphatic heterocycles. The first kappa shape index (κ1) is 23.0. The topological polar surface area (TPSA) is 94.0 Å². The molecule has 9 heteroatoms. The van der Waals surface area contributed by atoms with E-state index < -0.39 is 11.7 Å². The second-order valence-corrected chi connectivity index (χ2v) is 8.84. The predicted molar refractivity (Wildman–Crippen MR) is 125 cm³/mol.